The number of carbonyl (C=O) groups is 6. The van der Waals surface area contributed by atoms with Crippen molar-refractivity contribution in [1.82, 2.24) is 15.2 Å². The van der Waals surface area contributed by atoms with E-state index in [9.17, 15) is 54.3 Å². The molecule has 2 aliphatic heterocycles. The number of methoxy groups -OCH3 is 1. The molecule has 3 heterocycles. The number of aromatic nitrogens is 1. The lowest BCUT2D eigenvalue weighted by Crippen LogP contribution is -2.52. The van der Waals surface area contributed by atoms with Gasteiger partial charge in [-0.1, -0.05) is 12.1 Å². The zero-order chi connectivity index (χ0) is 42.5. The van der Waals surface area contributed by atoms with Gasteiger partial charge in [-0.15, -0.1) is 0 Å². The highest BCUT2D eigenvalue weighted by molar-refractivity contribution is 6.31. The molecule has 17 nitrogen and oxygen atoms in total. The smallest absolute Gasteiger partial charge is 0.252 e. The fourth-order valence-electron chi connectivity index (χ4n) is 8.87. The van der Waals surface area contributed by atoms with Crippen LogP contribution in [0.4, 0.5) is 0 Å². The third-order valence-electron chi connectivity index (χ3n) is 11.9. The number of pyridine rings is 1. The van der Waals surface area contributed by atoms with E-state index < -0.39 is 119 Å². The number of nitrogens with zero attached hydrogens (tertiary/aromatic N) is 2. The van der Waals surface area contributed by atoms with Crippen LogP contribution < -0.4 is 10.1 Å². The lowest BCUT2D eigenvalue weighted by molar-refractivity contribution is -0.257. The zero-order valence-electron chi connectivity index (χ0n) is 32.5. The van der Waals surface area contributed by atoms with E-state index in [0.29, 0.717) is 18.4 Å². The number of benzene rings is 2. The van der Waals surface area contributed by atoms with Gasteiger partial charge >= 0.3 is 0 Å². The van der Waals surface area contributed by atoms with Gasteiger partial charge in [-0.25, -0.2) is 0 Å². The van der Waals surface area contributed by atoms with Crippen LogP contribution in [0.15, 0.2) is 42.7 Å². The van der Waals surface area contributed by atoms with Crippen LogP contribution in [-0.2, 0) is 30.3 Å². The molecule has 3 aromatic rings. The van der Waals surface area contributed by atoms with Gasteiger partial charge in [-0.2, -0.15) is 0 Å². The second kappa shape index (κ2) is 16.2. The maximum absolute atomic E-state index is 14.0. The van der Waals surface area contributed by atoms with E-state index in [1.54, 1.807) is 6.92 Å². The zero-order valence-corrected chi connectivity index (χ0v) is 32.5. The Morgan fingerprint density at radius 3 is 2.46 bits per heavy atom. The molecule has 0 bridgehead atoms. The molecular weight excluding hydrogens is 770 g/mol. The third kappa shape index (κ3) is 7.37. The number of carbonyl (C=O) groups excluding carboxylic acids is 6. The van der Waals surface area contributed by atoms with Crippen LogP contribution >= 0.6 is 0 Å². The van der Waals surface area contributed by atoms with Crippen molar-refractivity contribution in [2.24, 2.45) is 5.92 Å². The van der Waals surface area contributed by atoms with Gasteiger partial charge in [0, 0.05) is 66.9 Å². The highest BCUT2D eigenvalue weighted by Crippen LogP contribution is 2.52. The van der Waals surface area contributed by atoms with Gasteiger partial charge in [-0.05, 0) is 50.8 Å². The molecule has 2 amide bonds. The Labute approximate surface area is 337 Å². The highest BCUT2D eigenvalue weighted by Gasteiger charge is 2.51. The van der Waals surface area contributed by atoms with Crippen LogP contribution in [0.1, 0.15) is 105 Å². The molecule has 17 heteroatoms. The van der Waals surface area contributed by atoms with Gasteiger partial charge in [-0.3, -0.25) is 33.8 Å². The highest BCUT2D eigenvalue weighted by atomic mass is 16.7. The number of aliphatic hydroxyl groups is 3. The Kier molecular flexibility index (Phi) is 11.4. The summed E-state index contributed by atoms with van der Waals surface area (Å²) < 4.78 is 17.6. The number of ether oxygens (including phenoxy) is 3. The molecule has 0 radical (unpaired) electrons. The molecule has 1 aromatic heterocycles. The first kappa shape index (κ1) is 41.6. The van der Waals surface area contributed by atoms with Crippen molar-refractivity contribution in [3.05, 3.63) is 81.7 Å². The average Bonchev–Trinajstić information content (AvgIpc) is 3.72. The summed E-state index contributed by atoms with van der Waals surface area (Å²) in [5, 5.41) is 58.8. The number of nitrogens with one attached hydrogen (secondary N) is 1. The number of aliphatic hydroxyl groups excluding tert-OH is 2. The molecule has 2 saturated heterocycles. The summed E-state index contributed by atoms with van der Waals surface area (Å²) in [6, 6.07) is 5.54. The van der Waals surface area contributed by atoms with Gasteiger partial charge in [0.05, 0.1) is 48.2 Å². The summed E-state index contributed by atoms with van der Waals surface area (Å²) in [7, 11) is 1.30. The third-order valence-corrected chi connectivity index (χ3v) is 11.9. The average molecular weight is 816 g/mol. The molecule has 2 aliphatic carbocycles. The van der Waals surface area contributed by atoms with Crippen LogP contribution in [0.2, 0.25) is 0 Å². The van der Waals surface area contributed by atoms with Crippen LogP contribution in [0.5, 0.6) is 17.2 Å². The summed E-state index contributed by atoms with van der Waals surface area (Å²) in [5.74, 6) is -6.18. The number of fused-ring (bicyclic) bond motifs is 3. The van der Waals surface area contributed by atoms with Crippen molar-refractivity contribution < 1.29 is 68.5 Å². The van der Waals surface area contributed by atoms with Crippen LogP contribution in [0.25, 0.3) is 0 Å². The van der Waals surface area contributed by atoms with E-state index in [0.717, 1.165) is 0 Å². The van der Waals surface area contributed by atoms with Crippen LogP contribution in [0, 0.1) is 5.92 Å². The van der Waals surface area contributed by atoms with E-state index in [-0.39, 0.29) is 53.2 Å². The Hall–Kier alpha value is -5.59. The lowest BCUT2D eigenvalue weighted by atomic mass is 9.72. The maximum atomic E-state index is 14.0. The largest absolute Gasteiger partial charge is 0.507 e. The lowest BCUT2D eigenvalue weighted by Gasteiger charge is -2.43. The van der Waals surface area contributed by atoms with Crippen molar-refractivity contribution >= 4 is 34.9 Å². The van der Waals surface area contributed by atoms with Gasteiger partial charge < -0.3 is 50.0 Å². The molecule has 0 spiro atoms. The Morgan fingerprint density at radius 2 is 1.76 bits per heavy atom. The summed E-state index contributed by atoms with van der Waals surface area (Å²) in [5.41, 5.74) is -3.82. The first-order valence-electron chi connectivity index (χ1n) is 19.4. The molecule has 2 aromatic carbocycles. The minimum Gasteiger partial charge on any atom is -0.507 e. The quantitative estimate of drug-likeness (QED) is 0.117. The minimum atomic E-state index is -2.37. The fourth-order valence-corrected chi connectivity index (χ4v) is 8.87. The number of likely N-dealkylation sites (tertiary alicyclic amines) is 1. The summed E-state index contributed by atoms with van der Waals surface area (Å²) in [4.78, 5) is 86.3. The van der Waals surface area contributed by atoms with Gasteiger partial charge in [0.25, 0.3) is 5.91 Å². The Balaban J connectivity index is 1.14. The molecule has 8 atom stereocenters. The molecule has 59 heavy (non-hydrogen) atoms. The number of phenols is 2. The van der Waals surface area contributed by atoms with E-state index in [1.807, 2.05) is 0 Å². The SMILES string of the molecule is COc1cccc2c1C(=O)c1c(O)c3c(c(O)c1C2=O)C[C@@](O)(C(=O)CO)CC3OC1CC(CC(=O)[C@@H]2CCCN2C(=O)[C@@H](C)NC(=O)c2ccncc2)C(O)C(C)O1. The Bertz CT molecular complexity index is 2230. The standard InChI is InChI=1S/C42H45N3O14/c1-19(44-40(54)21-9-11-43-12-10-21)41(55)45-13-5-7-25(45)26(47)14-22-15-30(58-20(2)35(22)49)59-28-17-42(56,29(48)18-46)16-24-32(28)39(53)34-33(37(24)51)36(50)23-6-4-8-27(57-3)31(23)38(34)52/h4,6,8-12,19-20,22,25,28,30,35,46,49,51,53,56H,5,7,13-18H2,1-3H3,(H,44,54)/t19-,20?,22?,25+,28?,30?,35?,42+/m1/s1. The molecule has 0 saturated carbocycles. The van der Waals surface area contributed by atoms with Gasteiger partial charge in [0.2, 0.25) is 11.7 Å². The monoisotopic (exact) mass is 815 g/mol. The molecule has 6 N–H and O–H groups in total. The first-order chi connectivity index (χ1) is 28.1. The second-order valence-electron chi connectivity index (χ2n) is 15.5. The second-order valence-corrected chi connectivity index (χ2v) is 15.5. The van der Waals surface area contributed by atoms with E-state index in [2.05, 4.69) is 10.3 Å². The fraction of sp³-hybridized carbons (Fsp3) is 0.452. The number of hydrogen-bond donors (Lipinski definition) is 6. The predicted octanol–water partition coefficient (Wildman–Crippen LogP) is 1.45. The van der Waals surface area contributed by atoms with Crippen molar-refractivity contribution in [1.29, 1.82) is 0 Å². The first-order valence-corrected chi connectivity index (χ1v) is 19.4. The van der Waals surface area contributed by atoms with Crippen LogP contribution in [0.3, 0.4) is 0 Å². The molecule has 7 rings (SSSR count). The molecule has 5 unspecified atom stereocenters. The number of amides is 2. The molecular formula is C42H45N3O14. The van der Waals surface area contributed by atoms with Crippen LogP contribution in [-0.4, -0.2) is 127 Å². The Morgan fingerprint density at radius 1 is 1.05 bits per heavy atom. The number of Topliss-reactive ketones (excluding diaryl/α,β-unsaturated/α-hetero) is 2. The van der Waals surface area contributed by atoms with Gasteiger partial charge in [0.1, 0.15) is 35.5 Å². The van der Waals surface area contributed by atoms with Gasteiger partial charge in [0.15, 0.2) is 23.6 Å². The normalized spacial score (nSPS) is 26.6. The summed E-state index contributed by atoms with van der Waals surface area (Å²) in [6.45, 7) is 2.27. The van der Waals surface area contributed by atoms with Crippen molar-refractivity contribution in [3.8, 4) is 17.2 Å². The van der Waals surface area contributed by atoms with E-state index >= 15 is 0 Å². The summed E-state index contributed by atoms with van der Waals surface area (Å²) in [6.07, 6.45) is -2.58. The number of hydrogen-bond acceptors (Lipinski definition) is 15. The number of aromatic hydroxyl groups is 2. The molecule has 312 valence electrons. The van der Waals surface area contributed by atoms with Crippen molar-refractivity contribution in [2.45, 2.75) is 94.7 Å². The van der Waals surface area contributed by atoms with E-state index in [1.165, 1.54) is 61.7 Å². The van der Waals surface area contributed by atoms with Crippen molar-refractivity contribution in [2.75, 3.05) is 20.3 Å². The summed E-state index contributed by atoms with van der Waals surface area (Å²) >= 11 is 0. The number of ketones is 4. The predicted molar refractivity (Wildman–Crippen MR) is 203 cm³/mol. The maximum Gasteiger partial charge on any atom is 0.252 e. The van der Waals surface area contributed by atoms with E-state index in [4.69, 9.17) is 14.2 Å². The topological polar surface area (TPSA) is 259 Å². The molecule has 4 aliphatic rings. The molecule has 2 fully saturated rings. The number of rotatable bonds is 11. The number of phenolic OH excluding ortho intramolecular Hbond substituents is 2. The van der Waals surface area contributed by atoms with Crippen molar-refractivity contribution in [3.63, 3.8) is 0 Å². The minimum absolute atomic E-state index is 0.0509.